The molecule has 0 atom stereocenters. The first-order valence-electron chi connectivity index (χ1n) is 7.35. The lowest BCUT2D eigenvalue weighted by molar-refractivity contribution is -0.150. The molecule has 0 unspecified atom stereocenters. The minimum atomic E-state index is -3.86. The molecule has 1 aromatic carbocycles. The molecule has 0 aliphatic carbocycles. The fraction of sp³-hybridized carbons (Fsp3) is 0.333. The van der Waals surface area contributed by atoms with Crippen LogP contribution in [0.5, 0.6) is 0 Å². The quantitative estimate of drug-likeness (QED) is 0.894. The summed E-state index contributed by atoms with van der Waals surface area (Å²) in [6.45, 7) is 0.0377. The van der Waals surface area contributed by atoms with E-state index in [9.17, 15) is 22.7 Å². The molecular weight excluding hydrogens is 337 g/mol. The summed E-state index contributed by atoms with van der Waals surface area (Å²) in [5, 5.41) is 13.6. The minimum Gasteiger partial charge on any atom is -0.479 e. The van der Waals surface area contributed by atoms with Crippen LogP contribution in [-0.2, 0) is 20.4 Å². The maximum atomic E-state index is 13.3. The van der Waals surface area contributed by atoms with Gasteiger partial charge >= 0.3 is 5.97 Å². The fourth-order valence-electron chi connectivity index (χ4n) is 2.94. The van der Waals surface area contributed by atoms with E-state index in [1.165, 1.54) is 33.4 Å². The van der Waals surface area contributed by atoms with Gasteiger partial charge in [-0.15, -0.1) is 0 Å². The Balaban J connectivity index is 1.85. The molecule has 128 valence electrons. The van der Waals surface area contributed by atoms with E-state index in [0.717, 1.165) is 6.07 Å². The molecule has 0 saturated carbocycles. The number of nitrogens with zero attached hydrogens (tertiary/aromatic N) is 3. The summed E-state index contributed by atoms with van der Waals surface area (Å²) in [5.74, 6) is -1.68. The largest absolute Gasteiger partial charge is 0.479 e. The van der Waals surface area contributed by atoms with Gasteiger partial charge in [-0.1, -0.05) is 6.07 Å². The lowest BCUT2D eigenvalue weighted by Crippen LogP contribution is -2.52. The molecule has 1 aromatic heterocycles. The molecule has 0 amide bonds. The molecule has 3 rings (SSSR count). The molecule has 0 spiro atoms. The average Bonchev–Trinajstić information content (AvgIpc) is 3.09. The van der Waals surface area contributed by atoms with E-state index in [-0.39, 0.29) is 30.8 Å². The van der Waals surface area contributed by atoms with Gasteiger partial charge in [0, 0.05) is 25.5 Å². The number of carbonyl (C=O) groups is 1. The van der Waals surface area contributed by atoms with Crippen molar-refractivity contribution >= 4 is 16.0 Å². The van der Waals surface area contributed by atoms with E-state index in [0.29, 0.717) is 0 Å². The molecule has 0 radical (unpaired) electrons. The summed E-state index contributed by atoms with van der Waals surface area (Å²) < 4.78 is 41.0. The number of piperidine rings is 1. The molecule has 2 aromatic rings. The number of benzene rings is 1. The van der Waals surface area contributed by atoms with Crippen LogP contribution < -0.4 is 0 Å². The third kappa shape index (κ3) is 2.69. The highest BCUT2D eigenvalue weighted by molar-refractivity contribution is 7.89. The summed E-state index contributed by atoms with van der Waals surface area (Å²) in [6.07, 6.45) is 3.21. The Bertz CT molecular complexity index is 843. The Labute approximate surface area is 138 Å². The van der Waals surface area contributed by atoms with Crippen LogP contribution in [0.2, 0.25) is 0 Å². The molecule has 1 aliphatic heterocycles. The van der Waals surface area contributed by atoms with Crippen LogP contribution in [0.25, 0.3) is 0 Å². The third-order valence-corrected chi connectivity index (χ3v) is 6.22. The van der Waals surface area contributed by atoms with Crippen molar-refractivity contribution in [1.82, 2.24) is 14.1 Å². The zero-order valence-corrected chi connectivity index (χ0v) is 13.5. The molecular formula is C15H16FN3O4S. The Morgan fingerprint density at radius 3 is 2.50 bits per heavy atom. The first kappa shape index (κ1) is 16.6. The second-order valence-electron chi connectivity index (χ2n) is 5.65. The molecule has 0 bridgehead atoms. The second kappa shape index (κ2) is 5.99. The van der Waals surface area contributed by atoms with Crippen molar-refractivity contribution in [3.63, 3.8) is 0 Å². The molecule has 7 nitrogen and oxygen atoms in total. The number of aliphatic carboxylic acids is 1. The van der Waals surface area contributed by atoms with E-state index < -0.39 is 27.3 Å². The predicted molar refractivity (Wildman–Crippen MR) is 82.2 cm³/mol. The Morgan fingerprint density at radius 1 is 1.25 bits per heavy atom. The van der Waals surface area contributed by atoms with Crippen LogP contribution in [0.15, 0.2) is 47.6 Å². The van der Waals surface area contributed by atoms with E-state index in [1.54, 1.807) is 12.3 Å². The van der Waals surface area contributed by atoms with Crippen molar-refractivity contribution in [3.05, 3.63) is 48.5 Å². The van der Waals surface area contributed by atoms with Crippen LogP contribution in [-0.4, -0.2) is 46.7 Å². The first-order valence-corrected chi connectivity index (χ1v) is 8.79. The standard InChI is InChI=1S/C15H16FN3O4S/c16-12-3-1-4-13(11-12)24(22,23)18-9-5-15(6-10-18,14(20)21)19-8-2-7-17-19/h1-4,7-8,11H,5-6,9-10H2,(H,20,21). The number of sulfonamides is 1. The van der Waals surface area contributed by atoms with E-state index >= 15 is 0 Å². The van der Waals surface area contributed by atoms with Crippen LogP contribution in [0.1, 0.15) is 12.8 Å². The van der Waals surface area contributed by atoms with E-state index in [2.05, 4.69) is 5.10 Å². The zero-order chi connectivity index (χ0) is 17.4. The predicted octanol–water partition coefficient (Wildman–Crippen LogP) is 1.29. The van der Waals surface area contributed by atoms with Gasteiger partial charge in [-0.2, -0.15) is 9.40 Å². The number of hydrogen-bond donors (Lipinski definition) is 1. The number of halogens is 1. The number of hydrogen-bond acceptors (Lipinski definition) is 4. The van der Waals surface area contributed by atoms with Crippen molar-refractivity contribution < 1.29 is 22.7 Å². The van der Waals surface area contributed by atoms with Crippen LogP contribution in [0.3, 0.4) is 0 Å². The van der Waals surface area contributed by atoms with Crippen molar-refractivity contribution in [1.29, 1.82) is 0 Å². The van der Waals surface area contributed by atoms with Crippen molar-refractivity contribution in [2.45, 2.75) is 23.3 Å². The highest BCUT2D eigenvalue weighted by atomic mass is 32.2. The van der Waals surface area contributed by atoms with Crippen molar-refractivity contribution in [2.24, 2.45) is 0 Å². The lowest BCUT2D eigenvalue weighted by Gasteiger charge is -2.38. The molecule has 9 heteroatoms. The van der Waals surface area contributed by atoms with Gasteiger partial charge in [-0.05, 0) is 37.1 Å². The van der Waals surface area contributed by atoms with Gasteiger partial charge in [0.15, 0.2) is 5.54 Å². The lowest BCUT2D eigenvalue weighted by atomic mass is 9.88. The normalized spacial score (nSPS) is 18.4. The number of carboxylic acids is 1. The Morgan fingerprint density at radius 2 is 1.96 bits per heavy atom. The Kier molecular flexibility index (Phi) is 4.14. The third-order valence-electron chi connectivity index (χ3n) is 4.32. The molecule has 24 heavy (non-hydrogen) atoms. The van der Waals surface area contributed by atoms with Gasteiger partial charge in [0.1, 0.15) is 5.82 Å². The molecule has 1 fully saturated rings. The number of aromatic nitrogens is 2. The second-order valence-corrected chi connectivity index (χ2v) is 7.59. The van der Waals surface area contributed by atoms with E-state index in [4.69, 9.17) is 0 Å². The smallest absolute Gasteiger partial charge is 0.331 e. The minimum absolute atomic E-state index is 0.0189. The molecule has 1 aliphatic rings. The van der Waals surface area contributed by atoms with Gasteiger partial charge in [0.2, 0.25) is 10.0 Å². The number of carboxylic acid groups (broad SMARTS) is 1. The maximum Gasteiger partial charge on any atom is 0.331 e. The van der Waals surface area contributed by atoms with Crippen molar-refractivity contribution in [2.75, 3.05) is 13.1 Å². The highest BCUT2D eigenvalue weighted by Gasteiger charge is 2.46. The molecule has 1 saturated heterocycles. The Hall–Kier alpha value is -2.26. The highest BCUT2D eigenvalue weighted by Crippen LogP contribution is 2.32. The van der Waals surface area contributed by atoms with Crippen LogP contribution >= 0.6 is 0 Å². The SMILES string of the molecule is O=C(O)C1(n2cccn2)CCN(S(=O)(=O)c2cccc(F)c2)CC1. The monoisotopic (exact) mass is 353 g/mol. The van der Waals surface area contributed by atoms with Crippen molar-refractivity contribution in [3.8, 4) is 0 Å². The molecule has 2 heterocycles. The van der Waals surface area contributed by atoms with Crippen LogP contribution in [0.4, 0.5) is 4.39 Å². The summed E-state index contributed by atoms with van der Waals surface area (Å²) in [5.41, 5.74) is -1.27. The number of rotatable bonds is 4. The average molecular weight is 353 g/mol. The van der Waals surface area contributed by atoms with Gasteiger partial charge in [-0.25, -0.2) is 17.6 Å². The van der Waals surface area contributed by atoms with E-state index in [1.807, 2.05) is 0 Å². The van der Waals surface area contributed by atoms with Gasteiger partial charge in [0.05, 0.1) is 4.90 Å². The fourth-order valence-corrected chi connectivity index (χ4v) is 4.41. The van der Waals surface area contributed by atoms with Crippen LogP contribution in [0, 0.1) is 5.82 Å². The van der Waals surface area contributed by atoms with Gasteiger partial charge in [0.25, 0.3) is 0 Å². The molecule has 1 N–H and O–H groups in total. The topological polar surface area (TPSA) is 92.5 Å². The van der Waals surface area contributed by atoms with Gasteiger partial charge in [-0.3, -0.25) is 4.68 Å². The van der Waals surface area contributed by atoms with Gasteiger partial charge < -0.3 is 5.11 Å². The summed E-state index contributed by atoms with van der Waals surface area (Å²) in [6, 6.07) is 6.41. The maximum absolute atomic E-state index is 13.3. The zero-order valence-electron chi connectivity index (χ0n) is 12.7. The summed E-state index contributed by atoms with van der Waals surface area (Å²) in [7, 11) is -3.86. The summed E-state index contributed by atoms with van der Waals surface area (Å²) in [4.78, 5) is 11.6. The first-order chi connectivity index (χ1) is 11.4. The summed E-state index contributed by atoms with van der Waals surface area (Å²) >= 11 is 0.